The van der Waals surface area contributed by atoms with Gasteiger partial charge >= 0.3 is 5.97 Å². The number of carbonyl (C=O) groups is 3. The number of hydrogen-bond donors (Lipinski definition) is 2. The van der Waals surface area contributed by atoms with Gasteiger partial charge in [0.2, 0.25) is 5.91 Å². The highest BCUT2D eigenvalue weighted by atomic mass is 32.1. The molecule has 2 N–H and O–H groups in total. The zero-order valence-corrected chi connectivity index (χ0v) is 14.3. The molecule has 24 heavy (non-hydrogen) atoms. The fourth-order valence-corrected chi connectivity index (χ4v) is 2.90. The topological polar surface area (TPSA) is 97.4 Å². The summed E-state index contributed by atoms with van der Waals surface area (Å²) in [5.41, 5.74) is 1.60. The lowest BCUT2D eigenvalue weighted by atomic mass is 10.2. The highest BCUT2D eigenvalue weighted by Crippen LogP contribution is 2.24. The number of ether oxygens (including phenoxy) is 1. The van der Waals surface area contributed by atoms with Gasteiger partial charge in [0.1, 0.15) is 0 Å². The lowest BCUT2D eigenvalue weighted by Crippen LogP contribution is -2.13. The Kier molecular flexibility index (Phi) is 5.64. The van der Waals surface area contributed by atoms with Gasteiger partial charge in [-0.05, 0) is 25.1 Å². The summed E-state index contributed by atoms with van der Waals surface area (Å²) in [5.74, 6) is -0.918. The standard InChI is InChI=1S/C16H17N3O4S/c1-9-13(8-14(21)23-3)24-16(17-9)19-15(22)11-5-4-6-12(7-11)18-10(2)20/h4-7H,8H2,1-3H3,(H,18,20)(H,17,19,22). The van der Waals surface area contributed by atoms with E-state index in [0.717, 1.165) is 4.88 Å². The number of rotatable bonds is 5. The van der Waals surface area contributed by atoms with E-state index in [9.17, 15) is 14.4 Å². The summed E-state index contributed by atoms with van der Waals surface area (Å²) < 4.78 is 4.63. The van der Waals surface area contributed by atoms with Gasteiger partial charge in [-0.1, -0.05) is 6.07 Å². The summed E-state index contributed by atoms with van der Waals surface area (Å²) in [4.78, 5) is 39.7. The van der Waals surface area contributed by atoms with Crippen molar-refractivity contribution in [1.82, 2.24) is 4.98 Å². The molecular weight excluding hydrogens is 330 g/mol. The van der Waals surface area contributed by atoms with Crippen LogP contribution in [0.3, 0.4) is 0 Å². The van der Waals surface area contributed by atoms with Crippen LogP contribution in [0.25, 0.3) is 0 Å². The average molecular weight is 347 g/mol. The normalized spacial score (nSPS) is 10.1. The summed E-state index contributed by atoms with van der Waals surface area (Å²) in [6.07, 6.45) is 0.119. The van der Waals surface area contributed by atoms with Crippen LogP contribution in [0.5, 0.6) is 0 Å². The molecule has 1 heterocycles. The Hall–Kier alpha value is -2.74. The molecule has 0 bridgehead atoms. The lowest BCUT2D eigenvalue weighted by Gasteiger charge is -2.05. The maximum absolute atomic E-state index is 12.3. The minimum absolute atomic E-state index is 0.119. The van der Waals surface area contributed by atoms with Crippen molar-refractivity contribution in [2.75, 3.05) is 17.7 Å². The van der Waals surface area contributed by atoms with Crippen LogP contribution in [0.4, 0.5) is 10.8 Å². The molecule has 0 unspecified atom stereocenters. The minimum atomic E-state index is -0.359. The van der Waals surface area contributed by atoms with Gasteiger partial charge < -0.3 is 10.1 Å². The molecule has 2 aromatic rings. The highest BCUT2D eigenvalue weighted by Gasteiger charge is 2.15. The van der Waals surface area contributed by atoms with Gasteiger partial charge in [-0.3, -0.25) is 19.7 Å². The van der Waals surface area contributed by atoms with Crippen molar-refractivity contribution in [3.05, 3.63) is 40.4 Å². The number of amides is 2. The number of thiazole rings is 1. The molecule has 0 saturated carbocycles. The van der Waals surface area contributed by atoms with Crippen molar-refractivity contribution in [2.24, 2.45) is 0 Å². The van der Waals surface area contributed by atoms with Crippen molar-refractivity contribution < 1.29 is 19.1 Å². The van der Waals surface area contributed by atoms with Crippen LogP contribution in [0.15, 0.2) is 24.3 Å². The molecule has 1 aromatic heterocycles. The number of hydrogen-bond acceptors (Lipinski definition) is 6. The Morgan fingerprint density at radius 3 is 2.67 bits per heavy atom. The van der Waals surface area contributed by atoms with Crippen molar-refractivity contribution in [1.29, 1.82) is 0 Å². The first kappa shape index (κ1) is 17.6. The Morgan fingerprint density at radius 1 is 1.25 bits per heavy atom. The van der Waals surface area contributed by atoms with E-state index in [4.69, 9.17) is 0 Å². The SMILES string of the molecule is COC(=O)Cc1sc(NC(=O)c2cccc(NC(C)=O)c2)nc1C. The summed E-state index contributed by atoms with van der Waals surface area (Å²) in [5, 5.41) is 5.72. The van der Waals surface area contributed by atoms with Crippen molar-refractivity contribution >= 4 is 39.9 Å². The average Bonchev–Trinajstić information content (AvgIpc) is 2.86. The van der Waals surface area contributed by atoms with E-state index in [2.05, 4.69) is 20.4 Å². The molecule has 2 amide bonds. The number of methoxy groups -OCH3 is 1. The van der Waals surface area contributed by atoms with E-state index in [1.54, 1.807) is 31.2 Å². The number of benzene rings is 1. The second-order valence-corrected chi connectivity index (χ2v) is 6.08. The van der Waals surface area contributed by atoms with Gasteiger partial charge in [0.05, 0.1) is 19.2 Å². The van der Waals surface area contributed by atoms with Crippen LogP contribution >= 0.6 is 11.3 Å². The number of esters is 1. The number of nitrogens with one attached hydrogen (secondary N) is 2. The van der Waals surface area contributed by atoms with Crippen LogP contribution in [-0.4, -0.2) is 29.9 Å². The third-order valence-corrected chi connectivity index (χ3v) is 4.16. The first-order valence-electron chi connectivity index (χ1n) is 7.11. The second-order valence-electron chi connectivity index (χ2n) is 5.00. The first-order valence-corrected chi connectivity index (χ1v) is 7.93. The minimum Gasteiger partial charge on any atom is -0.469 e. The molecule has 7 nitrogen and oxygen atoms in total. The molecule has 0 aliphatic heterocycles. The quantitative estimate of drug-likeness (QED) is 0.809. The van der Waals surface area contributed by atoms with Gasteiger partial charge in [-0.25, -0.2) is 4.98 Å². The van der Waals surface area contributed by atoms with Crippen LogP contribution in [0.2, 0.25) is 0 Å². The largest absolute Gasteiger partial charge is 0.469 e. The van der Waals surface area contributed by atoms with Crippen molar-refractivity contribution in [3.8, 4) is 0 Å². The smallest absolute Gasteiger partial charge is 0.310 e. The Morgan fingerprint density at radius 2 is 2.00 bits per heavy atom. The van der Waals surface area contributed by atoms with Crippen LogP contribution in [0, 0.1) is 6.92 Å². The maximum atomic E-state index is 12.3. The van der Waals surface area contributed by atoms with E-state index in [1.165, 1.54) is 25.4 Å². The summed E-state index contributed by atoms with van der Waals surface area (Å²) >= 11 is 1.23. The number of anilines is 2. The molecule has 0 saturated heterocycles. The molecule has 0 fully saturated rings. The Bertz CT molecular complexity index is 785. The number of nitrogens with zero attached hydrogens (tertiary/aromatic N) is 1. The van der Waals surface area contributed by atoms with Gasteiger partial charge in [-0.15, -0.1) is 11.3 Å². The fourth-order valence-electron chi connectivity index (χ4n) is 1.96. The predicted molar refractivity (Wildman–Crippen MR) is 91.3 cm³/mol. The molecule has 2 rings (SSSR count). The van der Waals surface area contributed by atoms with Gasteiger partial charge in [0.25, 0.3) is 5.91 Å². The van der Waals surface area contributed by atoms with Crippen molar-refractivity contribution in [3.63, 3.8) is 0 Å². The lowest BCUT2D eigenvalue weighted by molar-refractivity contribution is -0.139. The second kappa shape index (κ2) is 7.69. The molecule has 126 valence electrons. The zero-order valence-electron chi connectivity index (χ0n) is 13.5. The Labute approximate surface area is 143 Å². The summed E-state index contributed by atoms with van der Waals surface area (Å²) in [6, 6.07) is 6.58. The predicted octanol–water partition coefficient (Wildman–Crippen LogP) is 2.38. The third kappa shape index (κ3) is 4.63. The Balaban J connectivity index is 2.11. The monoisotopic (exact) mass is 347 g/mol. The van der Waals surface area contributed by atoms with Crippen LogP contribution < -0.4 is 10.6 Å². The number of carbonyl (C=O) groups excluding carboxylic acids is 3. The molecule has 1 aromatic carbocycles. The fraction of sp³-hybridized carbons (Fsp3) is 0.250. The summed E-state index contributed by atoms with van der Waals surface area (Å²) in [7, 11) is 1.32. The van der Waals surface area contributed by atoms with Gasteiger partial charge in [0.15, 0.2) is 5.13 Å². The molecule has 0 aliphatic rings. The number of aryl methyl sites for hydroxylation is 1. The zero-order chi connectivity index (χ0) is 17.7. The van der Waals surface area contributed by atoms with Gasteiger partial charge in [-0.2, -0.15) is 0 Å². The van der Waals surface area contributed by atoms with Crippen LogP contribution in [0.1, 0.15) is 27.9 Å². The molecule has 0 spiro atoms. The summed E-state index contributed by atoms with van der Waals surface area (Å²) in [6.45, 7) is 3.16. The number of aromatic nitrogens is 1. The molecule has 8 heteroatoms. The molecule has 0 radical (unpaired) electrons. The molecule has 0 atom stereocenters. The van der Waals surface area contributed by atoms with Crippen LogP contribution in [-0.2, 0) is 20.7 Å². The van der Waals surface area contributed by atoms with Gasteiger partial charge in [0, 0.05) is 23.1 Å². The van der Waals surface area contributed by atoms with E-state index >= 15 is 0 Å². The van der Waals surface area contributed by atoms with E-state index in [0.29, 0.717) is 22.1 Å². The maximum Gasteiger partial charge on any atom is 0.310 e. The molecular formula is C16H17N3O4S. The van der Waals surface area contributed by atoms with E-state index < -0.39 is 0 Å². The van der Waals surface area contributed by atoms with E-state index in [-0.39, 0.29) is 24.2 Å². The molecule has 0 aliphatic carbocycles. The van der Waals surface area contributed by atoms with E-state index in [1.807, 2.05) is 0 Å². The third-order valence-electron chi connectivity index (χ3n) is 3.09. The van der Waals surface area contributed by atoms with Crippen molar-refractivity contribution in [2.45, 2.75) is 20.3 Å². The highest BCUT2D eigenvalue weighted by molar-refractivity contribution is 7.16. The first-order chi connectivity index (χ1) is 11.4.